The minimum atomic E-state index is -0.351. The smallest absolute Gasteiger partial charge is 0.331 e. The summed E-state index contributed by atoms with van der Waals surface area (Å²) in [6.07, 6.45) is 1.44. The molecular weight excluding hydrogens is 317 g/mol. The predicted molar refractivity (Wildman–Crippen MR) is 69.8 cm³/mol. The molecule has 0 saturated heterocycles. The molecule has 0 bridgehead atoms. The second-order valence-corrected chi connectivity index (χ2v) is 4.10. The van der Waals surface area contributed by atoms with E-state index in [0.717, 1.165) is 9.14 Å². The number of esters is 1. The Morgan fingerprint density at radius 2 is 2.12 bits per heavy atom. The fourth-order valence-electron chi connectivity index (χ4n) is 1.07. The average Bonchev–Trinajstić information content (AvgIpc) is 2.29. The lowest BCUT2D eigenvalue weighted by Crippen LogP contribution is -1.99. The maximum Gasteiger partial charge on any atom is 0.331 e. The van der Waals surface area contributed by atoms with Crippen molar-refractivity contribution in [3.05, 3.63) is 41.5 Å². The van der Waals surface area contributed by atoms with Crippen LogP contribution in [-0.2, 0) is 9.53 Å². The zero-order chi connectivity index (χ0) is 12.0. The second kappa shape index (κ2) is 6.28. The molecule has 0 heterocycles. The largest absolute Gasteiger partial charge is 0.463 e. The Hall–Kier alpha value is -1.35. The average molecular weight is 327 g/mol. The molecule has 1 aromatic carbocycles. The van der Waals surface area contributed by atoms with Crippen LogP contribution in [0.2, 0.25) is 0 Å². The second-order valence-electron chi connectivity index (χ2n) is 2.93. The molecule has 1 rings (SSSR count). The van der Waals surface area contributed by atoms with E-state index < -0.39 is 0 Å². The SMILES string of the molecule is CCOC(=O)/C=C(\I)c1ccc(C#N)cc1. The third kappa shape index (κ3) is 3.66. The van der Waals surface area contributed by atoms with Gasteiger partial charge < -0.3 is 4.74 Å². The van der Waals surface area contributed by atoms with E-state index in [1.807, 2.05) is 6.07 Å². The maximum atomic E-state index is 11.2. The Labute approximate surface area is 108 Å². The fourth-order valence-corrected chi connectivity index (χ4v) is 1.69. The van der Waals surface area contributed by atoms with Gasteiger partial charge in [0.15, 0.2) is 0 Å². The summed E-state index contributed by atoms with van der Waals surface area (Å²) >= 11 is 2.06. The molecule has 4 heteroatoms. The van der Waals surface area contributed by atoms with Gasteiger partial charge in [0.05, 0.1) is 18.2 Å². The lowest BCUT2D eigenvalue weighted by Gasteiger charge is -2.00. The van der Waals surface area contributed by atoms with Crippen molar-refractivity contribution in [2.45, 2.75) is 6.92 Å². The number of nitriles is 1. The number of halogens is 1. The van der Waals surface area contributed by atoms with Crippen molar-refractivity contribution < 1.29 is 9.53 Å². The molecule has 0 aromatic heterocycles. The summed E-state index contributed by atoms with van der Waals surface area (Å²) in [6.45, 7) is 2.13. The standard InChI is InChI=1S/C12H10INO2/c1-2-16-12(15)7-11(13)10-5-3-9(8-14)4-6-10/h3-7H,2H2,1H3/b11-7-. The van der Waals surface area contributed by atoms with Gasteiger partial charge in [-0.1, -0.05) is 12.1 Å². The van der Waals surface area contributed by atoms with Gasteiger partial charge in [-0.3, -0.25) is 0 Å². The summed E-state index contributed by atoms with van der Waals surface area (Å²) in [5.41, 5.74) is 1.50. The topological polar surface area (TPSA) is 50.1 Å². The first kappa shape index (κ1) is 12.7. The Bertz CT molecular complexity index is 443. The van der Waals surface area contributed by atoms with Gasteiger partial charge >= 0.3 is 5.97 Å². The number of ether oxygens (including phenoxy) is 1. The third-order valence-electron chi connectivity index (χ3n) is 1.82. The predicted octanol–water partition coefficient (Wildman–Crippen LogP) is 2.90. The molecule has 3 nitrogen and oxygen atoms in total. The van der Waals surface area contributed by atoms with Crippen molar-refractivity contribution in [3.8, 4) is 6.07 Å². The highest BCUT2D eigenvalue weighted by molar-refractivity contribution is 14.1. The van der Waals surface area contributed by atoms with Crippen LogP contribution in [0.5, 0.6) is 0 Å². The van der Waals surface area contributed by atoms with Crippen molar-refractivity contribution in [2.24, 2.45) is 0 Å². The summed E-state index contributed by atoms with van der Waals surface area (Å²) in [5.74, 6) is -0.351. The molecule has 0 radical (unpaired) electrons. The Morgan fingerprint density at radius 3 is 2.62 bits per heavy atom. The lowest BCUT2D eigenvalue weighted by molar-refractivity contribution is -0.137. The quantitative estimate of drug-likeness (QED) is 0.487. The first-order valence-electron chi connectivity index (χ1n) is 4.72. The van der Waals surface area contributed by atoms with Crippen molar-refractivity contribution in [1.29, 1.82) is 5.26 Å². The van der Waals surface area contributed by atoms with Gasteiger partial charge in [-0.2, -0.15) is 5.26 Å². The molecule has 0 aliphatic heterocycles. The highest BCUT2D eigenvalue weighted by Gasteiger charge is 2.02. The molecule has 82 valence electrons. The molecule has 0 atom stereocenters. The normalized spacial score (nSPS) is 10.7. The number of hydrogen-bond donors (Lipinski definition) is 0. The highest BCUT2D eigenvalue weighted by atomic mass is 127. The van der Waals surface area contributed by atoms with Crippen molar-refractivity contribution in [2.75, 3.05) is 6.61 Å². The van der Waals surface area contributed by atoms with Crippen LogP contribution >= 0.6 is 22.6 Å². The summed E-state index contributed by atoms with van der Waals surface area (Å²) in [6, 6.07) is 9.07. The highest BCUT2D eigenvalue weighted by Crippen LogP contribution is 2.21. The first-order chi connectivity index (χ1) is 7.67. The molecular formula is C12H10INO2. The molecule has 0 aliphatic rings. The molecule has 0 spiro atoms. The van der Waals surface area contributed by atoms with Gasteiger partial charge in [0.2, 0.25) is 0 Å². The van der Waals surface area contributed by atoms with Gasteiger partial charge in [0.25, 0.3) is 0 Å². The molecule has 0 aliphatic carbocycles. The van der Waals surface area contributed by atoms with E-state index in [9.17, 15) is 4.79 Å². The molecule has 0 amide bonds. The van der Waals surface area contributed by atoms with Crippen LogP contribution in [0.25, 0.3) is 3.58 Å². The van der Waals surface area contributed by atoms with E-state index in [2.05, 4.69) is 22.6 Å². The lowest BCUT2D eigenvalue weighted by atomic mass is 10.1. The van der Waals surface area contributed by atoms with Gasteiger partial charge in [-0.15, -0.1) is 0 Å². The van der Waals surface area contributed by atoms with Gasteiger partial charge in [-0.25, -0.2) is 4.79 Å². The number of carbonyl (C=O) groups is 1. The molecule has 1 aromatic rings. The fraction of sp³-hybridized carbons (Fsp3) is 0.167. The van der Waals surface area contributed by atoms with Gasteiger partial charge in [0.1, 0.15) is 0 Å². The summed E-state index contributed by atoms with van der Waals surface area (Å²) in [7, 11) is 0. The van der Waals surface area contributed by atoms with Crippen LogP contribution in [0.4, 0.5) is 0 Å². The van der Waals surface area contributed by atoms with Crippen LogP contribution in [0.3, 0.4) is 0 Å². The number of rotatable bonds is 3. The maximum absolute atomic E-state index is 11.2. The van der Waals surface area contributed by atoms with E-state index in [4.69, 9.17) is 10.00 Å². The van der Waals surface area contributed by atoms with E-state index in [-0.39, 0.29) is 5.97 Å². The van der Waals surface area contributed by atoms with Crippen molar-refractivity contribution >= 4 is 32.1 Å². The minimum Gasteiger partial charge on any atom is -0.463 e. The third-order valence-corrected chi connectivity index (χ3v) is 2.76. The number of nitrogens with zero attached hydrogens (tertiary/aromatic N) is 1. The monoisotopic (exact) mass is 327 g/mol. The first-order valence-corrected chi connectivity index (χ1v) is 5.79. The Balaban J connectivity index is 2.84. The van der Waals surface area contributed by atoms with E-state index in [1.54, 1.807) is 31.2 Å². The number of carbonyl (C=O) groups excluding carboxylic acids is 1. The van der Waals surface area contributed by atoms with Crippen LogP contribution in [0.1, 0.15) is 18.1 Å². The molecule has 0 saturated carbocycles. The summed E-state index contributed by atoms with van der Waals surface area (Å²) in [4.78, 5) is 11.2. The molecule has 16 heavy (non-hydrogen) atoms. The Morgan fingerprint density at radius 1 is 1.50 bits per heavy atom. The molecule has 0 unspecified atom stereocenters. The molecule has 0 fully saturated rings. The summed E-state index contributed by atoms with van der Waals surface area (Å²) < 4.78 is 5.60. The zero-order valence-electron chi connectivity index (χ0n) is 8.74. The van der Waals surface area contributed by atoms with Crippen molar-refractivity contribution in [1.82, 2.24) is 0 Å². The molecule has 0 N–H and O–H groups in total. The van der Waals surface area contributed by atoms with E-state index >= 15 is 0 Å². The van der Waals surface area contributed by atoms with Crippen LogP contribution in [-0.4, -0.2) is 12.6 Å². The van der Waals surface area contributed by atoms with Crippen LogP contribution < -0.4 is 0 Å². The Kier molecular flexibility index (Phi) is 4.99. The zero-order valence-corrected chi connectivity index (χ0v) is 10.9. The van der Waals surface area contributed by atoms with Crippen LogP contribution in [0.15, 0.2) is 30.3 Å². The van der Waals surface area contributed by atoms with E-state index in [0.29, 0.717) is 12.2 Å². The van der Waals surface area contributed by atoms with Crippen molar-refractivity contribution in [3.63, 3.8) is 0 Å². The summed E-state index contributed by atoms with van der Waals surface area (Å²) in [5, 5.41) is 8.64. The number of hydrogen-bond acceptors (Lipinski definition) is 3. The van der Waals surface area contributed by atoms with Gasteiger partial charge in [-0.05, 0) is 47.2 Å². The van der Waals surface area contributed by atoms with Gasteiger partial charge in [0, 0.05) is 9.66 Å². The van der Waals surface area contributed by atoms with Crippen LogP contribution in [0, 0.1) is 11.3 Å². The number of benzene rings is 1. The minimum absolute atomic E-state index is 0.351. The van der Waals surface area contributed by atoms with E-state index in [1.165, 1.54) is 6.08 Å².